The zero-order valence-electron chi connectivity index (χ0n) is 33.5. The molecule has 0 aromatic carbocycles. The number of aliphatic hydroxyl groups excluding tert-OH is 2. The molecule has 0 aromatic heterocycles. The van der Waals surface area contributed by atoms with Crippen molar-refractivity contribution in [2.24, 2.45) is 0 Å². The molecule has 0 radical (unpaired) electrons. The van der Waals surface area contributed by atoms with Gasteiger partial charge in [0.2, 0.25) is 5.91 Å². The highest BCUT2D eigenvalue weighted by atomic mass is 16.3. The van der Waals surface area contributed by atoms with Gasteiger partial charge in [-0.25, -0.2) is 0 Å². The number of nitrogens with one attached hydrogen (secondary N) is 1. The summed E-state index contributed by atoms with van der Waals surface area (Å²) < 4.78 is 0. The quantitative estimate of drug-likeness (QED) is 0.0446. The van der Waals surface area contributed by atoms with Crippen molar-refractivity contribution in [3.63, 3.8) is 0 Å². The highest BCUT2D eigenvalue weighted by Gasteiger charge is 2.17. The molecule has 52 heavy (non-hydrogen) atoms. The summed E-state index contributed by atoms with van der Waals surface area (Å²) in [5.41, 5.74) is 0. The molecule has 4 nitrogen and oxygen atoms in total. The first kappa shape index (κ1) is 49.0. The molecule has 0 aliphatic heterocycles. The summed E-state index contributed by atoms with van der Waals surface area (Å²) in [4.78, 5) is 12.2. The van der Waals surface area contributed by atoms with E-state index >= 15 is 0 Å². The Labute approximate surface area is 321 Å². The molecule has 0 heterocycles. The molecule has 2 unspecified atom stereocenters. The average Bonchev–Trinajstić information content (AvgIpc) is 3.15. The van der Waals surface area contributed by atoms with Gasteiger partial charge < -0.3 is 15.5 Å². The Balaban J connectivity index is 3.57. The largest absolute Gasteiger partial charge is 0.394 e. The van der Waals surface area contributed by atoms with E-state index in [0.29, 0.717) is 6.42 Å². The standard InChI is InChI=1S/C48H79NO3/c1-3-5-7-9-10-11-12-13-14-15-16-17-18-19-20-21-22-23-24-25-26-27-28-29-30-31-32-33-34-35-36-37-38-40-42-44-48(52)49-46(45-50)47(51)43-41-39-8-6-4-2/h5,7,10-11,13-14,16-17,19-20,22-23,25-26,28-29,41,43,46-47,50-51H,3-4,6,8-9,12,15,18,21,24,27,30-40,42,44-45H2,1-2H3,(H,49,52)/b7-5-,11-10-,14-13-,17-16-,20-19-,23-22-,26-25-,29-28-,43-41+. The van der Waals surface area contributed by atoms with Crippen molar-refractivity contribution in [2.75, 3.05) is 6.61 Å². The van der Waals surface area contributed by atoms with Crippen molar-refractivity contribution in [2.45, 2.75) is 180 Å². The van der Waals surface area contributed by atoms with Crippen LogP contribution >= 0.6 is 0 Å². The van der Waals surface area contributed by atoms with Crippen LogP contribution in [0.3, 0.4) is 0 Å². The fraction of sp³-hybridized carbons (Fsp3) is 0.604. The van der Waals surface area contributed by atoms with Crippen LogP contribution in [0.25, 0.3) is 0 Å². The molecule has 3 N–H and O–H groups in total. The molecule has 0 rings (SSSR count). The van der Waals surface area contributed by atoms with Crippen LogP contribution in [0.4, 0.5) is 0 Å². The van der Waals surface area contributed by atoms with Gasteiger partial charge in [-0.1, -0.05) is 187 Å². The zero-order chi connectivity index (χ0) is 37.8. The first-order chi connectivity index (χ1) is 25.7. The molecule has 0 saturated carbocycles. The Hall–Kier alpha value is -2.95. The van der Waals surface area contributed by atoms with E-state index in [1.807, 2.05) is 6.08 Å². The normalized spacial score (nSPS) is 14.2. The van der Waals surface area contributed by atoms with E-state index in [9.17, 15) is 15.0 Å². The van der Waals surface area contributed by atoms with E-state index in [4.69, 9.17) is 0 Å². The molecule has 0 spiro atoms. The van der Waals surface area contributed by atoms with Gasteiger partial charge in [0.15, 0.2) is 0 Å². The number of rotatable bonds is 36. The summed E-state index contributed by atoms with van der Waals surface area (Å²) in [7, 11) is 0. The second-order valence-electron chi connectivity index (χ2n) is 13.7. The van der Waals surface area contributed by atoms with Gasteiger partial charge in [0.25, 0.3) is 0 Å². The van der Waals surface area contributed by atoms with Crippen LogP contribution < -0.4 is 5.32 Å². The van der Waals surface area contributed by atoms with Gasteiger partial charge in [0, 0.05) is 6.42 Å². The van der Waals surface area contributed by atoms with Gasteiger partial charge in [0.05, 0.1) is 18.8 Å². The lowest BCUT2D eigenvalue weighted by molar-refractivity contribution is -0.123. The van der Waals surface area contributed by atoms with Crippen LogP contribution in [0, 0.1) is 0 Å². The number of aliphatic hydroxyl groups is 2. The number of unbranched alkanes of at least 4 members (excludes halogenated alkanes) is 13. The third kappa shape index (κ3) is 38.3. The van der Waals surface area contributed by atoms with E-state index in [1.54, 1.807) is 6.08 Å². The first-order valence-corrected chi connectivity index (χ1v) is 21.1. The Morgan fingerprint density at radius 2 is 0.846 bits per heavy atom. The lowest BCUT2D eigenvalue weighted by Crippen LogP contribution is -2.45. The lowest BCUT2D eigenvalue weighted by atomic mass is 10.0. The monoisotopic (exact) mass is 718 g/mol. The summed E-state index contributed by atoms with van der Waals surface area (Å²) in [6, 6.07) is -0.627. The number of carbonyl (C=O) groups is 1. The van der Waals surface area contributed by atoms with Crippen molar-refractivity contribution in [1.82, 2.24) is 5.32 Å². The second-order valence-corrected chi connectivity index (χ2v) is 13.7. The number of carbonyl (C=O) groups excluding carboxylic acids is 1. The summed E-state index contributed by atoms with van der Waals surface area (Å²) >= 11 is 0. The number of allylic oxidation sites excluding steroid dienone is 17. The highest BCUT2D eigenvalue weighted by molar-refractivity contribution is 5.76. The van der Waals surface area contributed by atoms with E-state index in [1.165, 1.54) is 64.2 Å². The summed E-state index contributed by atoms with van der Waals surface area (Å²) in [6.07, 6.45) is 65.1. The number of hydrogen-bond acceptors (Lipinski definition) is 3. The zero-order valence-corrected chi connectivity index (χ0v) is 33.5. The van der Waals surface area contributed by atoms with Crippen LogP contribution in [-0.4, -0.2) is 34.9 Å². The maximum Gasteiger partial charge on any atom is 0.220 e. The smallest absolute Gasteiger partial charge is 0.220 e. The molecule has 0 aromatic rings. The maximum atomic E-state index is 12.2. The van der Waals surface area contributed by atoms with Gasteiger partial charge in [-0.05, 0) is 83.5 Å². The van der Waals surface area contributed by atoms with Crippen LogP contribution in [0.15, 0.2) is 109 Å². The third-order valence-electron chi connectivity index (χ3n) is 8.76. The van der Waals surface area contributed by atoms with Crippen molar-refractivity contribution in [1.29, 1.82) is 0 Å². The molecule has 1 amide bonds. The van der Waals surface area contributed by atoms with Crippen LogP contribution in [-0.2, 0) is 4.79 Å². The average molecular weight is 718 g/mol. The Bertz CT molecular complexity index is 1040. The Morgan fingerprint density at radius 1 is 0.481 bits per heavy atom. The molecular weight excluding hydrogens is 639 g/mol. The topological polar surface area (TPSA) is 69.6 Å². The molecule has 0 fully saturated rings. The fourth-order valence-electron chi connectivity index (χ4n) is 5.54. The summed E-state index contributed by atoms with van der Waals surface area (Å²) in [5, 5.41) is 22.6. The van der Waals surface area contributed by atoms with Gasteiger partial charge >= 0.3 is 0 Å². The molecule has 0 saturated heterocycles. The number of hydrogen-bond donors (Lipinski definition) is 3. The number of amides is 1. The SMILES string of the molecule is CC/C=C\C/C=C\C/C=C\C/C=C\C/C=C\C/C=C\C/C=C\C/C=C\CCCCCCCCCCCCC(=O)NC(CO)C(O)/C=C/CCCCC. The van der Waals surface area contributed by atoms with Crippen molar-refractivity contribution in [3.05, 3.63) is 109 Å². The molecular formula is C48H79NO3. The molecule has 0 aliphatic rings. The van der Waals surface area contributed by atoms with E-state index in [-0.39, 0.29) is 12.5 Å². The van der Waals surface area contributed by atoms with Gasteiger partial charge in [-0.15, -0.1) is 0 Å². The van der Waals surface area contributed by atoms with E-state index in [0.717, 1.165) is 83.5 Å². The molecule has 0 bridgehead atoms. The van der Waals surface area contributed by atoms with Gasteiger partial charge in [0.1, 0.15) is 0 Å². The second kappa shape index (κ2) is 42.5. The lowest BCUT2D eigenvalue weighted by Gasteiger charge is -2.20. The third-order valence-corrected chi connectivity index (χ3v) is 8.76. The van der Waals surface area contributed by atoms with Crippen LogP contribution in [0.1, 0.15) is 168 Å². The fourth-order valence-corrected chi connectivity index (χ4v) is 5.54. The van der Waals surface area contributed by atoms with Gasteiger partial charge in [-0.2, -0.15) is 0 Å². The highest BCUT2D eigenvalue weighted by Crippen LogP contribution is 2.13. The Morgan fingerprint density at radius 3 is 1.27 bits per heavy atom. The van der Waals surface area contributed by atoms with E-state index < -0.39 is 12.1 Å². The molecule has 2 atom stereocenters. The summed E-state index contributed by atoms with van der Waals surface area (Å²) in [6.45, 7) is 4.07. The van der Waals surface area contributed by atoms with Crippen molar-refractivity contribution >= 4 is 5.91 Å². The molecule has 4 heteroatoms. The van der Waals surface area contributed by atoms with Crippen LogP contribution in [0.5, 0.6) is 0 Å². The van der Waals surface area contributed by atoms with Crippen molar-refractivity contribution in [3.8, 4) is 0 Å². The minimum absolute atomic E-state index is 0.0827. The first-order valence-electron chi connectivity index (χ1n) is 21.1. The van der Waals surface area contributed by atoms with Crippen LogP contribution in [0.2, 0.25) is 0 Å². The molecule has 0 aliphatic carbocycles. The predicted octanol–water partition coefficient (Wildman–Crippen LogP) is 13.2. The minimum atomic E-state index is -0.843. The maximum absolute atomic E-state index is 12.2. The minimum Gasteiger partial charge on any atom is -0.394 e. The van der Waals surface area contributed by atoms with E-state index in [2.05, 4.69) is 116 Å². The van der Waals surface area contributed by atoms with Crippen molar-refractivity contribution < 1.29 is 15.0 Å². The van der Waals surface area contributed by atoms with Gasteiger partial charge in [-0.3, -0.25) is 4.79 Å². The summed E-state index contributed by atoms with van der Waals surface area (Å²) in [5.74, 6) is -0.0827. The predicted molar refractivity (Wildman–Crippen MR) is 229 cm³/mol. The Kier molecular flexibility index (Phi) is 40.1. The molecule has 294 valence electrons.